The third-order valence-corrected chi connectivity index (χ3v) is 2.57. The number of carboxylic acid groups (broad SMARTS) is 1. The van der Waals surface area contributed by atoms with Crippen LogP contribution in [0, 0.1) is 0 Å². The second kappa shape index (κ2) is 5.38. The van der Waals surface area contributed by atoms with Crippen molar-refractivity contribution < 1.29 is 9.90 Å². The quantitative estimate of drug-likeness (QED) is 0.659. The van der Waals surface area contributed by atoms with Crippen LogP contribution in [0.1, 0.15) is 6.42 Å². The first-order valence-corrected chi connectivity index (χ1v) is 4.42. The maximum atomic E-state index is 10.7. The molecule has 1 aliphatic rings. The molecule has 2 atom stereocenters. The number of likely N-dealkylation sites (tertiary alicyclic amines) is 1. The van der Waals surface area contributed by atoms with Crippen molar-refractivity contribution >= 4 is 18.5 Å². The van der Waals surface area contributed by atoms with E-state index in [1.807, 2.05) is 19.0 Å². The number of carbonyl (C=O) groups is 1. The van der Waals surface area contributed by atoms with E-state index in [0.29, 0.717) is 13.1 Å². The van der Waals surface area contributed by atoms with Crippen molar-refractivity contribution in [3.05, 3.63) is 0 Å². The minimum absolute atomic E-state index is 0. The van der Waals surface area contributed by atoms with Gasteiger partial charge in [-0.2, -0.15) is 0 Å². The SMILES string of the molecule is CN(C)C1CN(C(=O)O)CCC1N.Cl. The number of halogens is 1. The summed E-state index contributed by atoms with van der Waals surface area (Å²) in [7, 11) is 3.85. The van der Waals surface area contributed by atoms with Gasteiger partial charge in [-0.3, -0.25) is 0 Å². The van der Waals surface area contributed by atoms with E-state index in [4.69, 9.17) is 10.8 Å². The van der Waals surface area contributed by atoms with Crippen LogP contribution >= 0.6 is 12.4 Å². The van der Waals surface area contributed by atoms with E-state index in [1.165, 1.54) is 4.90 Å². The highest BCUT2D eigenvalue weighted by Crippen LogP contribution is 2.12. The Balaban J connectivity index is 0.00000169. The zero-order valence-electron chi connectivity index (χ0n) is 8.51. The number of hydrogen-bond acceptors (Lipinski definition) is 3. The average molecular weight is 224 g/mol. The van der Waals surface area contributed by atoms with E-state index < -0.39 is 6.09 Å². The molecule has 2 unspecified atom stereocenters. The molecule has 0 spiro atoms. The van der Waals surface area contributed by atoms with Gasteiger partial charge in [0.15, 0.2) is 0 Å². The molecule has 0 bridgehead atoms. The van der Waals surface area contributed by atoms with Crippen LogP contribution in [0.4, 0.5) is 4.79 Å². The molecule has 0 saturated carbocycles. The third-order valence-electron chi connectivity index (χ3n) is 2.57. The Kier molecular flexibility index (Phi) is 5.18. The minimum Gasteiger partial charge on any atom is -0.465 e. The Morgan fingerprint density at radius 1 is 1.57 bits per heavy atom. The lowest BCUT2D eigenvalue weighted by atomic mass is 10.00. The summed E-state index contributed by atoms with van der Waals surface area (Å²) in [6, 6.07) is 0.232. The van der Waals surface area contributed by atoms with E-state index in [9.17, 15) is 4.79 Å². The van der Waals surface area contributed by atoms with Gasteiger partial charge >= 0.3 is 6.09 Å². The van der Waals surface area contributed by atoms with Crippen LogP contribution in [-0.2, 0) is 0 Å². The van der Waals surface area contributed by atoms with E-state index in [0.717, 1.165) is 6.42 Å². The van der Waals surface area contributed by atoms with Gasteiger partial charge in [0.1, 0.15) is 0 Å². The monoisotopic (exact) mass is 223 g/mol. The Morgan fingerprint density at radius 3 is 2.57 bits per heavy atom. The van der Waals surface area contributed by atoms with Gasteiger partial charge in [0.05, 0.1) is 0 Å². The maximum absolute atomic E-state index is 10.7. The second-order valence-corrected chi connectivity index (χ2v) is 3.71. The first kappa shape index (κ1) is 13.5. The molecule has 0 aliphatic carbocycles. The van der Waals surface area contributed by atoms with Gasteiger partial charge in [-0.05, 0) is 20.5 Å². The molecule has 0 aromatic carbocycles. The summed E-state index contributed by atoms with van der Waals surface area (Å²) in [6.07, 6.45) is -0.103. The number of rotatable bonds is 1. The lowest BCUT2D eigenvalue weighted by Gasteiger charge is -2.38. The van der Waals surface area contributed by atoms with Crippen molar-refractivity contribution in [3.63, 3.8) is 0 Å². The molecule has 14 heavy (non-hydrogen) atoms. The average Bonchev–Trinajstić information content (AvgIpc) is 2.04. The zero-order valence-corrected chi connectivity index (χ0v) is 9.33. The largest absolute Gasteiger partial charge is 0.465 e. The fourth-order valence-corrected chi connectivity index (χ4v) is 1.67. The minimum atomic E-state index is -0.848. The number of hydrogen-bond donors (Lipinski definition) is 2. The fraction of sp³-hybridized carbons (Fsp3) is 0.875. The van der Waals surface area contributed by atoms with Crippen LogP contribution in [0.5, 0.6) is 0 Å². The van der Waals surface area contributed by atoms with Gasteiger partial charge < -0.3 is 20.6 Å². The Hall–Kier alpha value is -0.520. The molecule has 0 aromatic rings. The molecule has 1 saturated heterocycles. The lowest BCUT2D eigenvalue weighted by Crippen LogP contribution is -2.57. The second-order valence-electron chi connectivity index (χ2n) is 3.71. The molecule has 1 fully saturated rings. The molecule has 1 heterocycles. The molecule has 1 amide bonds. The molecule has 0 aromatic heterocycles. The van der Waals surface area contributed by atoms with Crippen molar-refractivity contribution in [2.75, 3.05) is 27.2 Å². The van der Waals surface area contributed by atoms with Gasteiger partial charge in [0, 0.05) is 25.2 Å². The predicted octanol–water partition coefficient (Wildman–Crippen LogP) is 0.0494. The van der Waals surface area contributed by atoms with Crippen LogP contribution < -0.4 is 5.73 Å². The lowest BCUT2D eigenvalue weighted by molar-refractivity contribution is 0.0961. The maximum Gasteiger partial charge on any atom is 0.407 e. The first-order valence-electron chi connectivity index (χ1n) is 4.42. The third kappa shape index (κ3) is 3.01. The molecule has 1 aliphatic heterocycles. The topological polar surface area (TPSA) is 69.8 Å². The number of nitrogens with zero attached hydrogens (tertiary/aromatic N) is 2. The standard InChI is InChI=1S/C8H17N3O2.ClH/c1-10(2)7-5-11(8(12)13)4-3-6(7)9;/h6-7H,3-5,9H2,1-2H3,(H,12,13);1H. The summed E-state index contributed by atoms with van der Waals surface area (Å²) >= 11 is 0. The number of likely N-dealkylation sites (N-methyl/N-ethyl adjacent to an activating group) is 1. The van der Waals surface area contributed by atoms with Crippen LogP contribution in [0.3, 0.4) is 0 Å². The summed E-state index contributed by atoms with van der Waals surface area (Å²) < 4.78 is 0. The summed E-state index contributed by atoms with van der Waals surface area (Å²) in [5.74, 6) is 0. The molecular weight excluding hydrogens is 206 g/mol. The predicted molar refractivity (Wildman–Crippen MR) is 56.9 cm³/mol. The fourth-order valence-electron chi connectivity index (χ4n) is 1.67. The van der Waals surface area contributed by atoms with E-state index in [2.05, 4.69) is 0 Å². The smallest absolute Gasteiger partial charge is 0.407 e. The first-order chi connectivity index (χ1) is 6.02. The van der Waals surface area contributed by atoms with E-state index >= 15 is 0 Å². The Bertz CT molecular complexity index is 201. The van der Waals surface area contributed by atoms with Gasteiger partial charge in [-0.15, -0.1) is 12.4 Å². The van der Waals surface area contributed by atoms with Gasteiger partial charge in [-0.1, -0.05) is 0 Å². The molecule has 5 nitrogen and oxygen atoms in total. The number of nitrogens with two attached hydrogens (primary N) is 1. The van der Waals surface area contributed by atoms with Crippen molar-refractivity contribution in [2.24, 2.45) is 5.73 Å². The molecule has 84 valence electrons. The highest BCUT2D eigenvalue weighted by molar-refractivity contribution is 5.85. The molecular formula is C8H18ClN3O2. The van der Waals surface area contributed by atoms with Crippen molar-refractivity contribution in [1.82, 2.24) is 9.80 Å². The van der Waals surface area contributed by atoms with Crippen LogP contribution in [0.15, 0.2) is 0 Å². The summed E-state index contributed by atoms with van der Waals surface area (Å²) in [4.78, 5) is 14.1. The Labute approximate surface area is 90.3 Å². The summed E-state index contributed by atoms with van der Waals surface area (Å²) in [6.45, 7) is 1.07. The molecule has 1 rings (SSSR count). The van der Waals surface area contributed by atoms with Crippen LogP contribution in [0.25, 0.3) is 0 Å². The number of piperidine rings is 1. The van der Waals surface area contributed by atoms with Crippen molar-refractivity contribution in [2.45, 2.75) is 18.5 Å². The van der Waals surface area contributed by atoms with Crippen LogP contribution in [0.2, 0.25) is 0 Å². The highest BCUT2D eigenvalue weighted by Gasteiger charge is 2.30. The van der Waals surface area contributed by atoms with Gasteiger partial charge in [-0.25, -0.2) is 4.79 Å². The van der Waals surface area contributed by atoms with E-state index in [-0.39, 0.29) is 24.5 Å². The summed E-state index contributed by atoms with van der Waals surface area (Å²) in [5.41, 5.74) is 5.88. The van der Waals surface area contributed by atoms with E-state index in [1.54, 1.807) is 0 Å². The van der Waals surface area contributed by atoms with Crippen molar-refractivity contribution in [1.29, 1.82) is 0 Å². The van der Waals surface area contributed by atoms with Crippen molar-refractivity contribution in [3.8, 4) is 0 Å². The van der Waals surface area contributed by atoms with Gasteiger partial charge in [0.2, 0.25) is 0 Å². The zero-order chi connectivity index (χ0) is 10.0. The molecule has 3 N–H and O–H groups in total. The Morgan fingerprint density at radius 2 is 2.14 bits per heavy atom. The molecule has 0 radical (unpaired) electrons. The molecule has 6 heteroatoms. The van der Waals surface area contributed by atoms with Gasteiger partial charge in [0.25, 0.3) is 0 Å². The highest BCUT2D eigenvalue weighted by atomic mass is 35.5. The number of amides is 1. The van der Waals surface area contributed by atoms with Crippen LogP contribution in [-0.4, -0.2) is 60.3 Å². The summed E-state index contributed by atoms with van der Waals surface area (Å²) in [5, 5.41) is 8.79. The normalized spacial score (nSPS) is 27.3.